The molecule has 2 atom stereocenters. The lowest BCUT2D eigenvalue weighted by Crippen LogP contribution is -2.44. The second-order valence-corrected chi connectivity index (χ2v) is 10.7. The van der Waals surface area contributed by atoms with Crippen LogP contribution in [0.15, 0.2) is 72.8 Å². The Labute approximate surface area is 256 Å². The van der Waals surface area contributed by atoms with Gasteiger partial charge in [0, 0.05) is 23.0 Å². The maximum Gasteiger partial charge on any atom is 0.337 e. The normalized spacial score (nSPS) is 17.3. The second kappa shape index (κ2) is 10.7. The molecule has 1 aromatic heterocycles. The van der Waals surface area contributed by atoms with E-state index in [1.807, 2.05) is 24.3 Å². The minimum absolute atomic E-state index is 0.0856. The summed E-state index contributed by atoms with van der Waals surface area (Å²) in [6.07, 6.45) is 0.207. The summed E-state index contributed by atoms with van der Waals surface area (Å²) in [6.45, 7) is 0. The van der Waals surface area contributed by atoms with Crippen molar-refractivity contribution in [2.24, 2.45) is 0 Å². The van der Waals surface area contributed by atoms with E-state index in [4.69, 9.17) is 9.47 Å². The van der Waals surface area contributed by atoms with E-state index in [9.17, 15) is 36.3 Å². The van der Waals surface area contributed by atoms with E-state index in [0.29, 0.717) is 16.8 Å². The Morgan fingerprint density at radius 1 is 0.826 bits per heavy atom. The first-order valence-corrected chi connectivity index (χ1v) is 13.8. The molecular formula is C33H20F5N3O5. The molecule has 46 heavy (non-hydrogen) atoms. The largest absolute Gasteiger partial charge is 0.465 e. The molecule has 0 aliphatic carbocycles. The van der Waals surface area contributed by atoms with Gasteiger partial charge in [-0.3, -0.25) is 9.69 Å². The molecular weight excluding hydrogens is 613 g/mol. The topological polar surface area (TPSA) is 91.9 Å². The van der Waals surface area contributed by atoms with Crippen LogP contribution in [0.5, 0.6) is 11.5 Å². The number of aromatic amines is 1. The minimum atomic E-state index is -2.32. The molecule has 232 valence electrons. The summed E-state index contributed by atoms with van der Waals surface area (Å²) in [5, 5.41) is 0.890. The predicted octanol–water partition coefficient (Wildman–Crippen LogP) is 6.93. The number of benzene rings is 4. The predicted molar refractivity (Wildman–Crippen MR) is 153 cm³/mol. The van der Waals surface area contributed by atoms with E-state index >= 15 is 0 Å². The number of carbonyl (C=O) groups excluding carboxylic acids is 3. The fourth-order valence-corrected chi connectivity index (χ4v) is 6.03. The number of rotatable bonds is 5. The van der Waals surface area contributed by atoms with Gasteiger partial charge in [-0.05, 0) is 53.6 Å². The van der Waals surface area contributed by atoms with Crippen molar-refractivity contribution in [3.63, 3.8) is 0 Å². The number of esters is 1. The van der Waals surface area contributed by atoms with Crippen LogP contribution in [0.1, 0.15) is 33.2 Å². The Balaban J connectivity index is 1.25. The van der Waals surface area contributed by atoms with Crippen molar-refractivity contribution in [2.75, 3.05) is 12.0 Å². The number of H-pyrrole nitrogens is 1. The third kappa shape index (κ3) is 4.30. The van der Waals surface area contributed by atoms with E-state index in [0.717, 1.165) is 33.5 Å². The number of anilines is 1. The molecule has 2 unspecified atom stereocenters. The number of aromatic nitrogens is 1. The Hall–Kier alpha value is -5.72. The summed E-state index contributed by atoms with van der Waals surface area (Å²) in [4.78, 5) is 45.8. The van der Waals surface area contributed by atoms with E-state index in [-0.39, 0.29) is 17.9 Å². The number of nitrogens with zero attached hydrogens (tertiary/aromatic N) is 2. The summed E-state index contributed by atoms with van der Waals surface area (Å²) >= 11 is 0. The highest BCUT2D eigenvalue weighted by Gasteiger charge is 2.53. The molecule has 0 radical (unpaired) electrons. The molecule has 0 bridgehead atoms. The Kier molecular flexibility index (Phi) is 6.76. The number of hydrogen-bond donors (Lipinski definition) is 1. The first-order valence-electron chi connectivity index (χ1n) is 13.8. The molecule has 1 fully saturated rings. The number of urea groups is 1. The van der Waals surface area contributed by atoms with Gasteiger partial charge in [-0.1, -0.05) is 30.3 Å². The van der Waals surface area contributed by atoms with Crippen LogP contribution in [0, 0.1) is 29.1 Å². The summed E-state index contributed by atoms with van der Waals surface area (Å²) in [5.74, 6) is -13.8. The number of imide groups is 1. The van der Waals surface area contributed by atoms with Crippen LogP contribution in [0.3, 0.4) is 0 Å². The van der Waals surface area contributed by atoms with E-state index in [2.05, 4.69) is 4.98 Å². The molecule has 4 aromatic carbocycles. The van der Waals surface area contributed by atoms with Crippen LogP contribution in [-0.4, -0.2) is 40.9 Å². The maximum absolute atomic E-state index is 14.2. The third-order valence-corrected chi connectivity index (χ3v) is 8.18. The molecule has 3 heterocycles. The monoisotopic (exact) mass is 633 g/mol. The maximum atomic E-state index is 14.2. The summed E-state index contributed by atoms with van der Waals surface area (Å²) in [5.41, 5.74) is 3.40. The minimum Gasteiger partial charge on any atom is -0.465 e. The number of fused-ring (bicyclic) bond motifs is 4. The van der Waals surface area contributed by atoms with Gasteiger partial charge >= 0.3 is 12.0 Å². The van der Waals surface area contributed by atoms with Crippen molar-refractivity contribution in [3.05, 3.63) is 124 Å². The molecule has 1 N–H and O–H groups in total. The van der Waals surface area contributed by atoms with Crippen LogP contribution in [0.4, 0.5) is 32.4 Å². The molecule has 0 saturated carbocycles. The first kappa shape index (κ1) is 29.0. The fourth-order valence-electron chi connectivity index (χ4n) is 6.03. The van der Waals surface area contributed by atoms with Crippen LogP contribution in [-0.2, 0) is 16.0 Å². The Morgan fingerprint density at radius 2 is 1.46 bits per heavy atom. The van der Waals surface area contributed by atoms with E-state index in [1.54, 1.807) is 24.3 Å². The SMILES string of the molecule is COC(=O)c1ccc(C2c3[nH]c4ccccc4c3CC3C(=O)N(c4ccc(Oc5c(F)c(F)c(F)c(F)c5F)cc4)C(=O)N32)cc1. The Morgan fingerprint density at radius 3 is 2.11 bits per heavy atom. The standard InChI is InChI=1S/C33H20F5N3O5/c1-45-32(43)16-8-6-15(7-9-16)29-28-20(19-4-2-3-5-21(19)39-28)14-22-31(42)40(33(44)41(22)29)17-10-12-18(13-11-17)46-30-26(37)24(35)23(34)25(36)27(30)38/h2-13,22,29,39H,14H2,1H3. The number of hydrogen-bond acceptors (Lipinski definition) is 5. The van der Waals surface area contributed by atoms with Gasteiger partial charge in [-0.25, -0.2) is 27.7 Å². The number of para-hydroxylation sites is 1. The molecule has 1 saturated heterocycles. The summed E-state index contributed by atoms with van der Waals surface area (Å²) in [6, 6.07) is 16.5. The van der Waals surface area contributed by atoms with Crippen molar-refractivity contribution in [3.8, 4) is 11.5 Å². The molecule has 2 aliphatic rings. The van der Waals surface area contributed by atoms with E-state index in [1.165, 1.54) is 24.1 Å². The number of carbonyl (C=O) groups is 3. The lowest BCUT2D eigenvalue weighted by molar-refractivity contribution is -0.120. The van der Waals surface area contributed by atoms with Gasteiger partial charge in [0.15, 0.2) is 0 Å². The number of amides is 3. The van der Waals surface area contributed by atoms with Gasteiger partial charge in [0.2, 0.25) is 34.8 Å². The average Bonchev–Trinajstić information content (AvgIpc) is 3.57. The fraction of sp³-hybridized carbons (Fsp3) is 0.121. The zero-order valence-electron chi connectivity index (χ0n) is 23.6. The molecule has 8 nitrogen and oxygen atoms in total. The number of ether oxygens (including phenoxy) is 2. The third-order valence-electron chi connectivity index (χ3n) is 8.18. The molecule has 5 aromatic rings. The highest BCUT2D eigenvalue weighted by molar-refractivity contribution is 6.22. The second-order valence-electron chi connectivity index (χ2n) is 10.7. The molecule has 13 heteroatoms. The molecule has 0 spiro atoms. The quantitative estimate of drug-likeness (QED) is 0.0746. The molecule has 2 aliphatic heterocycles. The smallest absolute Gasteiger partial charge is 0.337 e. The lowest BCUT2D eigenvalue weighted by Gasteiger charge is -2.36. The van der Waals surface area contributed by atoms with Crippen molar-refractivity contribution in [1.29, 1.82) is 0 Å². The number of halogens is 5. The van der Waals surface area contributed by atoms with Crippen molar-refractivity contribution < 1.29 is 45.8 Å². The highest BCUT2D eigenvalue weighted by atomic mass is 19.2. The van der Waals surface area contributed by atoms with Crippen LogP contribution < -0.4 is 9.64 Å². The van der Waals surface area contributed by atoms with Crippen LogP contribution in [0.25, 0.3) is 10.9 Å². The van der Waals surface area contributed by atoms with Gasteiger partial charge in [0.1, 0.15) is 17.8 Å². The zero-order valence-corrected chi connectivity index (χ0v) is 23.6. The Bertz CT molecular complexity index is 2050. The van der Waals surface area contributed by atoms with Gasteiger partial charge in [-0.15, -0.1) is 0 Å². The zero-order chi connectivity index (χ0) is 32.4. The van der Waals surface area contributed by atoms with Gasteiger partial charge < -0.3 is 14.5 Å². The van der Waals surface area contributed by atoms with Crippen molar-refractivity contribution >= 4 is 34.5 Å². The summed E-state index contributed by atoms with van der Waals surface area (Å²) < 4.78 is 78.8. The van der Waals surface area contributed by atoms with Gasteiger partial charge in [-0.2, -0.15) is 8.78 Å². The van der Waals surface area contributed by atoms with E-state index < -0.39 is 64.8 Å². The van der Waals surface area contributed by atoms with Gasteiger partial charge in [0.25, 0.3) is 5.91 Å². The van der Waals surface area contributed by atoms with Gasteiger partial charge in [0.05, 0.1) is 18.4 Å². The number of nitrogens with one attached hydrogen (secondary N) is 1. The molecule has 3 amide bonds. The summed E-state index contributed by atoms with van der Waals surface area (Å²) in [7, 11) is 1.26. The van der Waals surface area contributed by atoms with Crippen LogP contribution in [0.2, 0.25) is 0 Å². The lowest BCUT2D eigenvalue weighted by atomic mass is 9.88. The molecule has 7 rings (SSSR count). The highest BCUT2D eigenvalue weighted by Crippen LogP contribution is 2.45. The van der Waals surface area contributed by atoms with Crippen molar-refractivity contribution in [2.45, 2.75) is 18.5 Å². The average molecular weight is 634 g/mol. The van der Waals surface area contributed by atoms with Crippen molar-refractivity contribution in [1.82, 2.24) is 9.88 Å². The number of methoxy groups -OCH3 is 1. The first-order chi connectivity index (χ1) is 22.1. The van der Waals surface area contributed by atoms with Crippen LogP contribution >= 0.6 is 0 Å².